The molecule has 6 fully saturated rings. The zero-order chi connectivity index (χ0) is 76.9. The number of hydrogen-bond acceptors (Lipinski definition) is 21. The van der Waals surface area contributed by atoms with Crippen molar-refractivity contribution in [1.29, 1.82) is 0 Å². The summed E-state index contributed by atoms with van der Waals surface area (Å²) in [5, 5.41) is 3.13. The summed E-state index contributed by atoms with van der Waals surface area (Å²) in [6, 6.07) is 12.7. The minimum atomic E-state index is -4.40. The minimum absolute atomic E-state index is 0.0241. The summed E-state index contributed by atoms with van der Waals surface area (Å²) in [6.07, 6.45) is 5.84. The van der Waals surface area contributed by atoms with Crippen molar-refractivity contribution < 1.29 is 87.2 Å². The number of methoxy groups -OCH3 is 2. The number of nitrogens with one attached hydrogen (secondary N) is 2. The van der Waals surface area contributed by atoms with Gasteiger partial charge in [0, 0.05) is 67.6 Å². The Bertz CT molecular complexity index is 3920. The summed E-state index contributed by atoms with van der Waals surface area (Å²) < 4.78 is 95.0. The number of Topliss-reactive ketones (excluding diaryl/α,β-unsaturated/α-hetero) is 3. The fourth-order valence-electron chi connectivity index (χ4n) is 14.6. The van der Waals surface area contributed by atoms with Gasteiger partial charge in [-0.3, -0.25) is 38.4 Å². The molecule has 10 atom stereocenters. The first-order chi connectivity index (χ1) is 48.2. The van der Waals surface area contributed by atoms with E-state index in [9.17, 15) is 55.2 Å². The number of nitrogens with zero attached hydrogens (tertiary/aromatic N) is 4. The van der Waals surface area contributed by atoms with Crippen LogP contribution in [0.25, 0.3) is 21.5 Å². The molecule has 0 radical (unpaired) electrons. The van der Waals surface area contributed by atoms with E-state index in [0.29, 0.717) is 81.0 Å². The van der Waals surface area contributed by atoms with Crippen LogP contribution >= 0.6 is 0 Å². The molecule has 0 spiro atoms. The average molecular weight is 1490 g/mol. The van der Waals surface area contributed by atoms with Gasteiger partial charge in [0.1, 0.15) is 35.1 Å². The van der Waals surface area contributed by atoms with Crippen LogP contribution in [-0.2, 0) is 72.1 Å². The Kier molecular flexibility index (Phi) is 23.4. The Balaban J connectivity index is 0.000000241. The maximum Gasteiger partial charge on any atom is 0.362 e. The minimum Gasteiger partial charge on any atom is -0.497 e. The highest BCUT2D eigenvalue weighted by molar-refractivity contribution is 7.85. The lowest BCUT2D eigenvalue weighted by Crippen LogP contribution is -2.49. The highest BCUT2D eigenvalue weighted by atomic mass is 32.2. The van der Waals surface area contributed by atoms with Crippen molar-refractivity contribution in [3.63, 3.8) is 0 Å². The van der Waals surface area contributed by atoms with Gasteiger partial charge in [-0.2, -0.15) is 16.8 Å². The zero-order valence-corrected chi connectivity index (χ0v) is 65.4. The van der Waals surface area contributed by atoms with Crippen LogP contribution in [0.2, 0.25) is 0 Å². The molecule has 27 heteroatoms. The number of ketones is 3. The summed E-state index contributed by atoms with van der Waals surface area (Å²) in [6.45, 7) is 29.7. The van der Waals surface area contributed by atoms with Crippen molar-refractivity contribution in [2.24, 2.45) is 50.7 Å². The van der Waals surface area contributed by atoms with Crippen molar-refractivity contribution >= 4 is 89.1 Å². The molecule has 0 bridgehead atoms. The molecule has 2 aliphatic heterocycles. The third kappa shape index (κ3) is 19.8. The third-order valence-corrected chi connectivity index (χ3v) is 23.3. The van der Waals surface area contributed by atoms with Crippen LogP contribution < -0.4 is 28.4 Å². The molecule has 4 saturated carbocycles. The Labute approximate surface area is 612 Å². The second-order valence-electron chi connectivity index (χ2n) is 34.5. The van der Waals surface area contributed by atoms with Crippen LogP contribution in [0.5, 0.6) is 23.3 Å². The number of likely N-dealkylation sites (tertiary alicyclic amines) is 2. The van der Waals surface area contributed by atoms with E-state index in [1.807, 2.05) is 113 Å². The van der Waals surface area contributed by atoms with Crippen LogP contribution in [0.3, 0.4) is 0 Å². The van der Waals surface area contributed by atoms with Crippen LogP contribution in [0.15, 0.2) is 60.9 Å². The maximum atomic E-state index is 14.6. The molecule has 6 aliphatic rings. The lowest BCUT2D eigenvalue weighted by Gasteiger charge is -2.35. The smallest absolute Gasteiger partial charge is 0.362 e. The van der Waals surface area contributed by atoms with Crippen molar-refractivity contribution in [2.75, 3.05) is 27.3 Å². The molecule has 25 nitrogen and oxygen atoms in total. The van der Waals surface area contributed by atoms with Crippen LogP contribution in [0.1, 0.15) is 207 Å². The van der Waals surface area contributed by atoms with Crippen molar-refractivity contribution in [1.82, 2.24) is 29.2 Å². The fraction of sp³-hybridized carbons (Fsp3) is 0.662. The fourth-order valence-corrected chi connectivity index (χ4v) is 16.9. The van der Waals surface area contributed by atoms with E-state index in [4.69, 9.17) is 32.1 Å². The third-order valence-electron chi connectivity index (χ3n) is 21.2. The van der Waals surface area contributed by atoms with E-state index >= 15 is 0 Å². The number of benzene rings is 2. The van der Waals surface area contributed by atoms with E-state index in [-0.39, 0.29) is 86.3 Å². The van der Waals surface area contributed by atoms with Gasteiger partial charge in [-0.15, -0.1) is 0 Å². The lowest BCUT2D eigenvalue weighted by atomic mass is 9.75. The molecule has 572 valence electrons. The molecule has 4 aliphatic carbocycles. The summed E-state index contributed by atoms with van der Waals surface area (Å²) in [5.41, 5.74) is -6.49. The summed E-state index contributed by atoms with van der Waals surface area (Å²) >= 11 is 0. The van der Waals surface area contributed by atoms with E-state index in [1.165, 1.54) is 9.80 Å². The van der Waals surface area contributed by atoms with Gasteiger partial charge in [-0.05, 0) is 161 Å². The Morgan fingerprint density at radius 2 is 0.952 bits per heavy atom. The zero-order valence-electron chi connectivity index (χ0n) is 63.8. The second kappa shape index (κ2) is 30.1. The molecule has 4 amide bonds. The molecular weight excluding hydrogens is 1380 g/mol. The molecule has 4 aromatic rings. The molecule has 10 rings (SSSR count). The molecule has 104 heavy (non-hydrogen) atoms. The summed E-state index contributed by atoms with van der Waals surface area (Å²) in [5.74, 6) is -3.60. The first-order valence-corrected chi connectivity index (χ1v) is 39.1. The van der Waals surface area contributed by atoms with E-state index in [2.05, 4.69) is 19.4 Å². The topological polar surface area (TPSA) is 326 Å². The summed E-state index contributed by atoms with van der Waals surface area (Å²) in [4.78, 5) is 124. The monoisotopic (exact) mass is 1480 g/mol. The van der Waals surface area contributed by atoms with Gasteiger partial charge < -0.3 is 33.5 Å². The maximum absolute atomic E-state index is 14.6. The number of carbonyl (C=O) groups excluding carboxylic acids is 8. The van der Waals surface area contributed by atoms with E-state index < -0.39 is 125 Å². The highest BCUT2D eigenvalue weighted by Gasteiger charge is 2.64. The predicted octanol–water partition coefficient (Wildman–Crippen LogP) is 11.2. The lowest BCUT2D eigenvalue weighted by molar-refractivity contribution is -0.161. The van der Waals surface area contributed by atoms with Gasteiger partial charge in [0.25, 0.3) is 0 Å². The number of hydrogen-bond donors (Lipinski definition) is 2. The van der Waals surface area contributed by atoms with Crippen LogP contribution in [0.4, 0.5) is 0 Å². The highest BCUT2D eigenvalue weighted by Crippen LogP contribution is 2.59. The standard InChI is InChI=1S/C39H55N3O9S.C38H53N3O10S/c1-10-25-20-39(25,35(46)41-52(47,48)51-38(8)14-15-38)22-32(44)31-19-28(50-33-29-12-11-27(49-9)17-24(29)13-16-40-33)23-42(31)34(45)30(37(5,6)7)18-26(43)21-36(2,3)4;1-10-24-20-38(24,34(45)40-52(46,47)51-37(8)14-15-37)21-30(42)29-18-26(49-32-27-12-11-25(48-9)17-23(27)13-16-39-32)22-41(29)33(44)28(35(2,3)4)19-31(43)50-36(5,6)7/h11-13,16-17,25,28,30-31H,10,14-15,18-23H2,1-9H3,(H,41,46);11-13,16-17,24,26,28-29H,10,14-15,18-22H2,1-9H3,(H,40,45)/t25-,28-,30-,31+,39-;24-,26-,28-,29+,38-/m11/s1. The van der Waals surface area contributed by atoms with Gasteiger partial charge in [0.05, 0.1) is 73.8 Å². The van der Waals surface area contributed by atoms with Crippen molar-refractivity contribution in [3.8, 4) is 23.3 Å². The molecule has 0 unspecified atom stereocenters. The van der Waals surface area contributed by atoms with Gasteiger partial charge in [0.2, 0.25) is 35.4 Å². The number of fused-ring (bicyclic) bond motifs is 2. The average Bonchev–Trinajstić information content (AvgIpc) is 1.58. The molecule has 2 N–H and O–H groups in total. The van der Waals surface area contributed by atoms with E-state index in [1.54, 1.807) is 73.4 Å². The molecule has 2 aromatic carbocycles. The second-order valence-corrected chi connectivity index (χ2v) is 37.1. The van der Waals surface area contributed by atoms with Gasteiger partial charge in [0.15, 0.2) is 11.6 Å². The number of carbonyl (C=O) groups is 8. The normalized spacial score (nSPS) is 24.6. The first kappa shape index (κ1) is 80.7. The van der Waals surface area contributed by atoms with Crippen LogP contribution in [-0.4, -0.2) is 152 Å². The number of amides is 4. The largest absolute Gasteiger partial charge is 0.497 e. The molecule has 4 heterocycles. The molecular formula is C77H108N6O19S2. The molecule has 2 saturated heterocycles. The number of pyridine rings is 2. The van der Waals surface area contributed by atoms with Crippen molar-refractivity contribution in [3.05, 3.63) is 60.9 Å². The number of esters is 1. The first-order valence-electron chi connectivity index (χ1n) is 36.3. The van der Waals surface area contributed by atoms with Crippen molar-refractivity contribution in [2.45, 2.75) is 248 Å². The quantitative estimate of drug-likeness (QED) is 0.0477. The number of ether oxygens (including phenoxy) is 5. The Hall–Kier alpha value is -7.36. The molecule has 2 aromatic heterocycles. The predicted molar refractivity (Wildman–Crippen MR) is 388 cm³/mol. The van der Waals surface area contributed by atoms with Gasteiger partial charge >= 0.3 is 26.6 Å². The Morgan fingerprint density at radius 1 is 0.567 bits per heavy atom. The number of aromatic nitrogens is 2. The Morgan fingerprint density at radius 3 is 1.28 bits per heavy atom. The SMILES string of the molecule is CC[C@@H]1C[C@]1(CC(=O)[C@@H]1C[C@@H](Oc2nccc3cc(OC)ccc23)CN1C(=O)[C@@H](CC(=O)CC(C)(C)C)C(C)(C)C)C(=O)NS(=O)(=O)OC1(C)CC1.CC[C@@H]1C[C@]1(CC(=O)[C@@H]1C[C@@H](Oc2nccc3cc(OC)ccc23)CN1C(=O)[C@@H](CC(=O)OC(C)(C)C)C(C)(C)C)C(=O)NS(=O)(=O)OC1(C)CC1. The summed E-state index contributed by atoms with van der Waals surface area (Å²) in [7, 11) is -5.63. The van der Waals surface area contributed by atoms with Crippen LogP contribution in [0, 0.1) is 50.7 Å². The van der Waals surface area contributed by atoms with Gasteiger partial charge in [-0.25, -0.2) is 27.8 Å². The van der Waals surface area contributed by atoms with E-state index in [0.717, 1.165) is 21.5 Å². The van der Waals surface area contributed by atoms with Gasteiger partial charge in [-0.1, -0.05) is 89.0 Å². The number of rotatable bonds is 29.